The van der Waals surface area contributed by atoms with Crippen LogP contribution in [0.5, 0.6) is 5.75 Å². The molecule has 21 heavy (non-hydrogen) atoms. The standard InChI is InChI=1S/C16H14F2N2O/c1-16(17,18)21-14-5-3-13(4-6-14)20-9-8-11-10-12(19)2-7-15(11)20/h2-10H,19H2,1H3. The van der Waals surface area contributed by atoms with Crippen LogP contribution in [-0.2, 0) is 0 Å². The highest BCUT2D eigenvalue weighted by Crippen LogP contribution is 2.25. The number of nitrogens with zero attached hydrogens (tertiary/aromatic N) is 1. The first-order valence-corrected chi connectivity index (χ1v) is 6.46. The molecule has 0 saturated heterocycles. The van der Waals surface area contributed by atoms with Crippen LogP contribution in [0.3, 0.4) is 0 Å². The number of hydrogen-bond acceptors (Lipinski definition) is 2. The molecule has 2 aromatic carbocycles. The van der Waals surface area contributed by atoms with Gasteiger partial charge in [-0.15, -0.1) is 0 Å². The smallest absolute Gasteiger partial charge is 0.394 e. The molecular formula is C16H14F2N2O. The predicted molar refractivity (Wildman–Crippen MR) is 78.9 cm³/mol. The lowest BCUT2D eigenvalue weighted by Gasteiger charge is -2.13. The topological polar surface area (TPSA) is 40.2 Å². The number of hydrogen-bond donors (Lipinski definition) is 1. The molecule has 0 aliphatic rings. The van der Waals surface area contributed by atoms with Gasteiger partial charge in [-0.1, -0.05) is 0 Å². The van der Waals surface area contributed by atoms with Crippen molar-refractivity contribution in [2.24, 2.45) is 0 Å². The van der Waals surface area contributed by atoms with Crippen molar-refractivity contribution >= 4 is 16.6 Å². The number of fused-ring (bicyclic) bond motifs is 1. The molecule has 2 N–H and O–H groups in total. The van der Waals surface area contributed by atoms with Gasteiger partial charge in [-0.2, -0.15) is 8.78 Å². The lowest BCUT2D eigenvalue weighted by Crippen LogP contribution is -2.18. The maximum absolute atomic E-state index is 12.8. The van der Waals surface area contributed by atoms with Gasteiger partial charge in [-0.25, -0.2) is 0 Å². The zero-order chi connectivity index (χ0) is 15.0. The Morgan fingerprint density at radius 1 is 1.05 bits per heavy atom. The van der Waals surface area contributed by atoms with E-state index in [1.807, 2.05) is 35.0 Å². The summed E-state index contributed by atoms with van der Waals surface area (Å²) in [5, 5.41) is 1.02. The number of ether oxygens (including phenoxy) is 1. The van der Waals surface area contributed by atoms with Crippen LogP contribution in [-0.4, -0.2) is 10.7 Å². The second-order valence-corrected chi connectivity index (χ2v) is 4.91. The summed E-state index contributed by atoms with van der Waals surface area (Å²) in [5.74, 6) is 0.131. The summed E-state index contributed by atoms with van der Waals surface area (Å²) < 4.78 is 32.1. The Kier molecular flexibility index (Phi) is 3.05. The summed E-state index contributed by atoms with van der Waals surface area (Å²) in [7, 11) is 0. The summed E-state index contributed by atoms with van der Waals surface area (Å²) in [6.45, 7) is 0.713. The molecule has 3 rings (SSSR count). The lowest BCUT2D eigenvalue weighted by atomic mass is 10.2. The summed E-state index contributed by atoms with van der Waals surface area (Å²) in [5.41, 5.74) is 8.32. The first kappa shape index (κ1) is 13.4. The van der Waals surface area contributed by atoms with Crippen LogP contribution in [0.1, 0.15) is 6.92 Å². The maximum Gasteiger partial charge on any atom is 0.394 e. The number of nitrogen functional groups attached to an aromatic ring is 1. The van der Waals surface area contributed by atoms with Gasteiger partial charge >= 0.3 is 6.11 Å². The highest BCUT2D eigenvalue weighted by atomic mass is 19.3. The third-order valence-corrected chi connectivity index (χ3v) is 3.13. The first-order valence-electron chi connectivity index (χ1n) is 6.46. The van der Waals surface area contributed by atoms with E-state index in [0.717, 1.165) is 16.6 Å². The normalized spacial score (nSPS) is 11.8. The first-order chi connectivity index (χ1) is 9.92. The molecule has 3 nitrogen and oxygen atoms in total. The fraction of sp³-hybridized carbons (Fsp3) is 0.125. The van der Waals surface area contributed by atoms with E-state index in [1.165, 1.54) is 12.1 Å². The number of rotatable bonds is 3. The van der Waals surface area contributed by atoms with Crippen molar-refractivity contribution in [3.05, 3.63) is 54.7 Å². The predicted octanol–water partition coefficient (Wildman–Crippen LogP) is 4.20. The number of aromatic nitrogens is 1. The average Bonchev–Trinajstić information content (AvgIpc) is 2.80. The van der Waals surface area contributed by atoms with Crippen molar-refractivity contribution in [2.45, 2.75) is 13.0 Å². The molecular weight excluding hydrogens is 274 g/mol. The van der Waals surface area contributed by atoms with Crippen LogP contribution in [0.2, 0.25) is 0 Å². The van der Waals surface area contributed by atoms with E-state index in [2.05, 4.69) is 4.74 Å². The SMILES string of the molecule is CC(F)(F)Oc1ccc(-n2ccc3cc(N)ccc32)cc1. The van der Waals surface area contributed by atoms with Crippen molar-refractivity contribution in [1.29, 1.82) is 0 Å². The van der Waals surface area contributed by atoms with Gasteiger partial charge in [0.05, 0.1) is 5.52 Å². The van der Waals surface area contributed by atoms with Gasteiger partial charge in [-0.3, -0.25) is 0 Å². The minimum Gasteiger partial charge on any atom is -0.433 e. The van der Waals surface area contributed by atoms with Gasteiger partial charge in [-0.05, 0) is 48.5 Å². The molecule has 108 valence electrons. The molecule has 0 spiro atoms. The van der Waals surface area contributed by atoms with E-state index in [1.54, 1.807) is 12.1 Å². The Hall–Kier alpha value is -2.56. The monoisotopic (exact) mass is 288 g/mol. The van der Waals surface area contributed by atoms with Gasteiger partial charge in [0.15, 0.2) is 0 Å². The van der Waals surface area contributed by atoms with Crippen molar-refractivity contribution in [1.82, 2.24) is 4.57 Å². The summed E-state index contributed by atoms with van der Waals surface area (Å²) in [6, 6.07) is 14.1. The van der Waals surface area contributed by atoms with Crippen molar-refractivity contribution in [3.8, 4) is 11.4 Å². The van der Waals surface area contributed by atoms with Crippen LogP contribution >= 0.6 is 0 Å². The Morgan fingerprint density at radius 2 is 1.76 bits per heavy atom. The molecule has 5 heteroatoms. The number of halogens is 2. The minimum atomic E-state index is -3.18. The van der Waals surface area contributed by atoms with Crippen LogP contribution in [0, 0.1) is 0 Å². The molecule has 1 aromatic heterocycles. The molecule has 0 atom stereocenters. The highest BCUT2D eigenvalue weighted by molar-refractivity contribution is 5.84. The zero-order valence-electron chi connectivity index (χ0n) is 11.4. The van der Waals surface area contributed by atoms with E-state index < -0.39 is 6.11 Å². The van der Waals surface area contributed by atoms with E-state index in [9.17, 15) is 8.78 Å². The molecule has 0 aliphatic heterocycles. The van der Waals surface area contributed by atoms with Gasteiger partial charge in [0.1, 0.15) is 5.75 Å². The zero-order valence-corrected chi connectivity index (χ0v) is 11.4. The summed E-state index contributed by atoms with van der Waals surface area (Å²) >= 11 is 0. The van der Waals surface area contributed by atoms with E-state index in [4.69, 9.17) is 5.73 Å². The van der Waals surface area contributed by atoms with Gasteiger partial charge in [0.25, 0.3) is 0 Å². The minimum absolute atomic E-state index is 0.131. The van der Waals surface area contributed by atoms with E-state index >= 15 is 0 Å². The third-order valence-electron chi connectivity index (χ3n) is 3.13. The highest BCUT2D eigenvalue weighted by Gasteiger charge is 2.22. The third kappa shape index (κ3) is 2.81. The average molecular weight is 288 g/mol. The number of benzene rings is 2. The summed E-state index contributed by atoms with van der Waals surface area (Å²) in [6.07, 6.45) is -1.27. The van der Waals surface area contributed by atoms with E-state index in [-0.39, 0.29) is 5.75 Å². The second kappa shape index (κ2) is 4.77. The number of nitrogens with two attached hydrogens (primary N) is 1. The van der Waals surface area contributed by atoms with Gasteiger partial charge < -0.3 is 15.0 Å². The Morgan fingerprint density at radius 3 is 2.43 bits per heavy atom. The molecule has 0 fully saturated rings. The molecule has 0 amide bonds. The van der Waals surface area contributed by atoms with Gasteiger partial charge in [0.2, 0.25) is 0 Å². The molecule has 0 radical (unpaired) electrons. The van der Waals surface area contributed by atoms with Crippen LogP contribution < -0.4 is 10.5 Å². The van der Waals surface area contributed by atoms with Crippen LogP contribution in [0.25, 0.3) is 16.6 Å². The number of alkyl halides is 2. The molecule has 0 saturated carbocycles. The quantitative estimate of drug-likeness (QED) is 0.734. The van der Waals surface area contributed by atoms with Crippen LogP contribution in [0.15, 0.2) is 54.7 Å². The van der Waals surface area contributed by atoms with Crippen molar-refractivity contribution in [2.75, 3.05) is 5.73 Å². The number of anilines is 1. The van der Waals surface area contributed by atoms with Gasteiger partial charge in [0, 0.05) is 29.9 Å². The molecule has 0 aliphatic carbocycles. The van der Waals surface area contributed by atoms with Crippen molar-refractivity contribution in [3.63, 3.8) is 0 Å². The Balaban J connectivity index is 1.96. The molecule has 1 heterocycles. The largest absolute Gasteiger partial charge is 0.433 e. The van der Waals surface area contributed by atoms with Crippen molar-refractivity contribution < 1.29 is 13.5 Å². The second-order valence-electron chi connectivity index (χ2n) is 4.91. The fourth-order valence-electron chi connectivity index (χ4n) is 2.27. The molecule has 0 unspecified atom stereocenters. The van der Waals surface area contributed by atoms with Crippen LogP contribution in [0.4, 0.5) is 14.5 Å². The fourth-order valence-corrected chi connectivity index (χ4v) is 2.27. The van der Waals surface area contributed by atoms with E-state index in [0.29, 0.717) is 12.6 Å². The Bertz CT molecular complexity index is 773. The Labute approximate surface area is 120 Å². The lowest BCUT2D eigenvalue weighted by molar-refractivity contribution is -0.158. The molecule has 0 bridgehead atoms. The molecule has 3 aromatic rings. The maximum atomic E-state index is 12.8. The summed E-state index contributed by atoms with van der Waals surface area (Å²) in [4.78, 5) is 0.